The lowest BCUT2D eigenvalue weighted by Gasteiger charge is -2.17. The molecule has 18 heavy (non-hydrogen) atoms. The van der Waals surface area contributed by atoms with Gasteiger partial charge in [0.15, 0.2) is 0 Å². The van der Waals surface area contributed by atoms with E-state index in [1.807, 2.05) is 31.5 Å². The summed E-state index contributed by atoms with van der Waals surface area (Å²) in [6.07, 6.45) is 4.93. The minimum atomic E-state index is 0.0357. The van der Waals surface area contributed by atoms with E-state index >= 15 is 0 Å². The van der Waals surface area contributed by atoms with E-state index in [0.29, 0.717) is 0 Å². The second kappa shape index (κ2) is 5.87. The Labute approximate surface area is 108 Å². The van der Waals surface area contributed by atoms with E-state index in [1.54, 1.807) is 0 Å². The number of aryl methyl sites for hydroxylation is 2. The predicted octanol–water partition coefficient (Wildman–Crippen LogP) is 2.89. The van der Waals surface area contributed by atoms with Gasteiger partial charge in [0, 0.05) is 18.9 Å². The number of nitrogens with one attached hydrogen (secondary N) is 1. The van der Waals surface area contributed by atoms with Crippen LogP contribution in [0.15, 0.2) is 28.9 Å². The van der Waals surface area contributed by atoms with E-state index < -0.39 is 0 Å². The van der Waals surface area contributed by atoms with Gasteiger partial charge in [-0.1, -0.05) is 6.92 Å². The molecule has 0 bridgehead atoms. The molecule has 0 radical (unpaired) electrons. The monoisotopic (exact) mass is 247 g/mol. The summed E-state index contributed by atoms with van der Waals surface area (Å²) in [5.41, 5.74) is 0. The van der Waals surface area contributed by atoms with Crippen LogP contribution in [0.3, 0.4) is 0 Å². The summed E-state index contributed by atoms with van der Waals surface area (Å²) >= 11 is 0. The number of aromatic nitrogens is 2. The van der Waals surface area contributed by atoms with Crippen LogP contribution in [0.25, 0.3) is 0 Å². The van der Waals surface area contributed by atoms with Crippen molar-refractivity contribution >= 4 is 0 Å². The molecule has 2 heterocycles. The van der Waals surface area contributed by atoms with Crippen LogP contribution in [0.5, 0.6) is 0 Å². The van der Waals surface area contributed by atoms with Gasteiger partial charge in [-0.3, -0.25) is 0 Å². The molecular formula is C14H21N3O. The Morgan fingerprint density at radius 3 is 2.83 bits per heavy atom. The molecule has 0 saturated carbocycles. The molecule has 1 atom stereocenters. The molecule has 98 valence electrons. The highest BCUT2D eigenvalue weighted by molar-refractivity contribution is 5.18. The van der Waals surface area contributed by atoms with E-state index in [2.05, 4.69) is 28.7 Å². The summed E-state index contributed by atoms with van der Waals surface area (Å²) in [7, 11) is 0. The first-order valence-electron chi connectivity index (χ1n) is 6.57. The number of furan rings is 1. The maximum Gasteiger partial charge on any atom is 0.133 e. The minimum Gasteiger partial charge on any atom is -0.464 e. The smallest absolute Gasteiger partial charge is 0.133 e. The molecule has 2 aromatic rings. The van der Waals surface area contributed by atoms with Crippen LogP contribution in [-0.2, 0) is 6.54 Å². The Bertz CT molecular complexity index is 487. The van der Waals surface area contributed by atoms with Crippen molar-refractivity contribution in [3.63, 3.8) is 0 Å². The molecule has 0 fully saturated rings. The van der Waals surface area contributed by atoms with Crippen molar-refractivity contribution in [3.8, 4) is 0 Å². The van der Waals surface area contributed by atoms with E-state index in [1.165, 1.54) is 0 Å². The molecule has 1 N–H and O–H groups in total. The summed E-state index contributed by atoms with van der Waals surface area (Å²) in [5.74, 6) is 2.88. The number of nitrogens with zero attached hydrogens (tertiary/aromatic N) is 2. The summed E-state index contributed by atoms with van der Waals surface area (Å²) in [6, 6.07) is 4.06. The first-order valence-corrected chi connectivity index (χ1v) is 6.57. The lowest BCUT2D eigenvalue weighted by Crippen LogP contribution is -2.25. The van der Waals surface area contributed by atoms with Crippen LogP contribution in [-0.4, -0.2) is 16.1 Å². The molecule has 0 aliphatic heterocycles. The summed E-state index contributed by atoms with van der Waals surface area (Å²) in [6.45, 7) is 8.10. The zero-order chi connectivity index (χ0) is 13.0. The molecule has 0 spiro atoms. The predicted molar refractivity (Wildman–Crippen MR) is 71.5 cm³/mol. The van der Waals surface area contributed by atoms with Crippen LogP contribution in [0.1, 0.15) is 43.7 Å². The van der Waals surface area contributed by atoms with Crippen molar-refractivity contribution in [3.05, 3.63) is 41.9 Å². The van der Waals surface area contributed by atoms with E-state index in [-0.39, 0.29) is 6.04 Å². The highest BCUT2D eigenvalue weighted by atomic mass is 16.3. The molecule has 4 heteroatoms. The summed E-state index contributed by atoms with van der Waals surface area (Å²) < 4.78 is 7.89. The Morgan fingerprint density at radius 1 is 1.39 bits per heavy atom. The molecule has 0 aliphatic carbocycles. The highest BCUT2D eigenvalue weighted by Gasteiger charge is 2.21. The van der Waals surface area contributed by atoms with Gasteiger partial charge in [0.1, 0.15) is 23.4 Å². The normalized spacial score (nSPS) is 12.8. The van der Waals surface area contributed by atoms with Crippen LogP contribution < -0.4 is 5.32 Å². The van der Waals surface area contributed by atoms with Gasteiger partial charge in [-0.2, -0.15) is 0 Å². The van der Waals surface area contributed by atoms with Crippen molar-refractivity contribution in [2.45, 2.75) is 39.8 Å². The van der Waals surface area contributed by atoms with E-state index in [0.717, 1.165) is 36.9 Å². The van der Waals surface area contributed by atoms with Gasteiger partial charge in [-0.15, -0.1) is 0 Å². The van der Waals surface area contributed by atoms with Gasteiger partial charge in [0.2, 0.25) is 0 Å². The average molecular weight is 247 g/mol. The van der Waals surface area contributed by atoms with Crippen molar-refractivity contribution in [1.29, 1.82) is 0 Å². The summed E-state index contributed by atoms with van der Waals surface area (Å²) in [4.78, 5) is 4.47. The zero-order valence-corrected chi connectivity index (χ0v) is 11.3. The minimum absolute atomic E-state index is 0.0357. The van der Waals surface area contributed by atoms with Gasteiger partial charge in [-0.25, -0.2) is 4.98 Å². The maximum absolute atomic E-state index is 5.75. The standard InChI is InChI=1S/C14H21N3O/c1-4-8-15-13(12-7-6-11(3)18-12)14-16-9-10-17(14)5-2/h6-7,9-10,13,15H,4-5,8H2,1-3H3. The third-order valence-electron chi connectivity index (χ3n) is 2.99. The first kappa shape index (κ1) is 12.9. The van der Waals surface area contributed by atoms with Crippen molar-refractivity contribution in [2.75, 3.05) is 6.54 Å². The number of rotatable bonds is 6. The molecular weight excluding hydrogens is 226 g/mol. The molecule has 2 aromatic heterocycles. The molecule has 0 amide bonds. The number of imidazole rings is 1. The van der Waals surface area contributed by atoms with Crippen molar-refractivity contribution in [2.24, 2.45) is 0 Å². The van der Waals surface area contributed by atoms with Gasteiger partial charge in [-0.05, 0) is 38.9 Å². The van der Waals surface area contributed by atoms with E-state index in [9.17, 15) is 0 Å². The van der Waals surface area contributed by atoms with Crippen LogP contribution in [0, 0.1) is 6.92 Å². The highest BCUT2D eigenvalue weighted by Crippen LogP contribution is 2.22. The molecule has 0 saturated heterocycles. The lowest BCUT2D eigenvalue weighted by atomic mass is 10.2. The van der Waals surface area contributed by atoms with Crippen molar-refractivity contribution < 1.29 is 4.42 Å². The van der Waals surface area contributed by atoms with Crippen molar-refractivity contribution in [1.82, 2.24) is 14.9 Å². The molecule has 0 aliphatic rings. The summed E-state index contributed by atoms with van der Waals surface area (Å²) in [5, 5.41) is 3.50. The van der Waals surface area contributed by atoms with E-state index in [4.69, 9.17) is 4.42 Å². The molecule has 2 rings (SSSR count). The Kier molecular flexibility index (Phi) is 4.20. The maximum atomic E-state index is 5.75. The third kappa shape index (κ3) is 2.64. The molecule has 4 nitrogen and oxygen atoms in total. The van der Waals surface area contributed by atoms with Crippen LogP contribution in [0.4, 0.5) is 0 Å². The fourth-order valence-corrected chi connectivity index (χ4v) is 2.06. The second-order valence-corrected chi connectivity index (χ2v) is 4.41. The largest absolute Gasteiger partial charge is 0.464 e. The van der Waals surface area contributed by atoms with Gasteiger partial charge < -0.3 is 14.3 Å². The topological polar surface area (TPSA) is 43.0 Å². The fraction of sp³-hybridized carbons (Fsp3) is 0.500. The van der Waals surface area contributed by atoms with Gasteiger partial charge >= 0.3 is 0 Å². The first-order chi connectivity index (χ1) is 8.76. The second-order valence-electron chi connectivity index (χ2n) is 4.41. The van der Waals surface area contributed by atoms with Crippen LogP contribution >= 0.6 is 0 Å². The fourth-order valence-electron chi connectivity index (χ4n) is 2.06. The third-order valence-corrected chi connectivity index (χ3v) is 2.99. The Morgan fingerprint density at radius 2 is 2.22 bits per heavy atom. The molecule has 1 unspecified atom stereocenters. The average Bonchev–Trinajstić information content (AvgIpc) is 2.99. The number of hydrogen-bond acceptors (Lipinski definition) is 3. The Balaban J connectivity index is 2.30. The Hall–Kier alpha value is -1.55. The zero-order valence-electron chi connectivity index (χ0n) is 11.3. The lowest BCUT2D eigenvalue weighted by molar-refractivity contribution is 0.413. The quantitative estimate of drug-likeness (QED) is 0.853. The molecule has 0 aromatic carbocycles. The van der Waals surface area contributed by atoms with Gasteiger partial charge in [0.05, 0.1) is 0 Å². The SMILES string of the molecule is CCCNC(c1ccc(C)o1)c1nccn1CC. The number of hydrogen-bond donors (Lipinski definition) is 1. The van der Waals surface area contributed by atoms with Crippen LogP contribution in [0.2, 0.25) is 0 Å². The van der Waals surface area contributed by atoms with Gasteiger partial charge in [0.25, 0.3) is 0 Å².